The Bertz CT molecular complexity index is 820. The van der Waals surface area contributed by atoms with Crippen molar-refractivity contribution in [3.05, 3.63) is 17.7 Å². The second kappa shape index (κ2) is 6.53. The van der Waals surface area contributed by atoms with Gasteiger partial charge in [0.2, 0.25) is 11.7 Å². The monoisotopic (exact) mass is 401 g/mol. The molecule has 5 atom stereocenters. The molecule has 158 valence electrons. The summed E-state index contributed by atoms with van der Waals surface area (Å²) in [6.07, 6.45) is 3.27. The van der Waals surface area contributed by atoms with Crippen LogP contribution in [0.5, 0.6) is 17.2 Å². The average molecular weight is 402 g/mol. The zero-order chi connectivity index (χ0) is 20.4. The van der Waals surface area contributed by atoms with Gasteiger partial charge in [0, 0.05) is 19.6 Å². The van der Waals surface area contributed by atoms with E-state index in [-0.39, 0.29) is 28.9 Å². The van der Waals surface area contributed by atoms with Crippen molar-refractivity contribution in [3.8, 4) is 17.2 Å². The van der Waals surface area contributed by atoms with Gasteiger partial charge in [-0.15, -0.1) is 0 Å². The van der Waals surface area contributed by atoms with E-state index in [2.05, 4.69) is 25.2 Å². The van der Waals surface area contributed by atoms with Gasteiger partial charge in [-0.25, -0.2) is 0 Å². The number of ether oxygens (including phenoxy) is 4. The first kappa shape index (κ1) is 19.0. The van der Waals surface area contributed by atoms with Crippen molar-refractivity contribution < 1.29 is 23.7 Å². The number of carbonyl (C=O) groups is 1. The highest BCUT2D eigenvalue weighted by atomic mass is 16.6. The Morgan fingerprint density at radius 3 is 2.76 bits per heavy atom. The second-order valence-corrected chi connectivity index (χ2v) is 9.72. The van der Waals surface area contributed by atoms with E-state index in [1.54, 1.807) is 14.0 Å². The van der Waals surface area contributed by atoms with Crippen LogP contribution in [0.25, 0.3) is 0 Å². The van der Waals surface area contributed by atoms with Gasteiger partial charge >= 0.3 is 0 Å². The molecule has 5 rings (SSSR count). The molecule has 1 spiro atoms. The SMILES string of the molecule is COc1cc([C@H]2OCCC34C[C@@H](C[C@H]23)C(C)(C)[C@H]4NC(C)=O)cc2c1OCCO2. The van der Waals surface area contributed by atoms with Crippen LogP contribution < -0.4 is 19.5 Å². The van der Waals surface area contributed by atoms with Gasteiger partial charge in [0.25, 0.3) is 0 Å². The van der Waals surface area contributed by atoms with Gasteiger partial charge in [-0.3, -0.25) is 4.79 Å². The largest absolute Gasteiger partial charge is 0.493 e. The van der Waals surface area contributed by atoms with Crippen LogP contribution in [0.15, 0.2) is 12.1 Å². The molecule has 1 amide bonds. The van der Waals surface area contributed by atoms with Gasteiger partial charge in [-0.2, -0.15) is 0 Å². The van der Waals surface area contributed by atoms with E-state index in [1.807, 2.05) is 6.07 Å². The van der Waals surface area contributed by atoms with E-state index in [9.17, 15) is 4.79 Å². The number of amides is 1. The molecule has 29 heavy (non-hydrogen) atoms. The lowest BCUT2D eigenvalue weighted by molar-refractivity contribution is -0.136. The fourth-order valence-electron chi connectivity index (χ4n) is 6.78. The summed E-state index contributed by atoms with van der Waals surface area (Å²) in [6.45, 7) is 8.05. The van der Waals surface area contributed by atoms with Crippen LogP contribution in [0.1, 0.15) is 51.7 Å². The Hall–Kier alpha value is -1.95. The Labute approximate surface area is 172 Å². The maximum Gasteiger partial charge on any atom is 0.217 e. The first-order valence-corrected chi connectivity index (χ1v) is 10.7. The third-order valence-corrected chi connectivity index (χ3v) is 8.03. The van der Waals surface area contributed by atoms with E-state index in [1.165, 1.54) is 0 Å². The number of methoxy groups -OCH3 is 1. The molecular weight excluding hydrogens is 370 g/mol. The molecule has 2 bridgehead atoms. The first-order chi connectivity index (χ1) is 13.9. The predicted molar refractivity (Wildman–Crippen MR) is 107 cm³/mol. The normalized spacial score (nSPS) is 36.4. The molecule has 6 nitrogen and oxygen atoms in total. The molecule has 6 heteroatoms. The molecule has 1 N–H and O–H groups in total. The van der Waals surface area contributed by atoms with Crippen molar-refractivity contribution >= 4 is 5.91 Å². The second-order valence-electron chi connectivity index (χ2n) is 9.72. The zero-order valence-electron chi connectivity index (χ0n) is 17.7. The maximum atomic E-state index is 12.0. The van der Waals surface area contributed by atoms with Crippen LogP contribution in [-0.2, 0) is 9.53 Å². The van der Waals surface area contributed by atoms with Gasteiger partial charge < -0.3 is 24.3 Å². The van der Waals surface area contributed by atoms with Crippen molar-refractivity contribution in [1.29, 1.82) is 0 Å². The summed E-state index contributed by atoms with van der Waals surface area (Å²) < 4.78 is 23.6. The standard InChI is InChI=1S/C23H31NO5/c1-13(25)24-21-22(2,3)15-11-16-19(28-6-5-23(16,21)12-15)14-9-17(26-4)20-18(10-14)27-7-8-29-20/h9-10,15-16,19,21H,5-8,11-12H2,1-4H3,(H,24,25)/t15-,16-,19-,21-,23?/m1/s1. The number of fused-ring (bicyclic) bond motifs is 2. The van der Waals surface area contributed by atoms with Gasteiger partial charge in [0.05, 0.1) is 13.2 Å². The number of carbonyl (C=O) groups excluding carboxylic acids is 1. The molecule has 1 aromatic carbocycles. The topological polar surface area (TPSA) is 66.0 Å². The highest BCUT2D eigenvalue weighted by Crippen LogP contribution is 2.70. The van der Waals surface area contributed by atoms with E-state index < -0.39 is 0 Å². The lowest BCUT2D eigenvalue weighted by Crippen LogP contribution is -2.58. The number of hydrogen-bond acceptors (Lipinski definition) is 5. The highest BCUT2D eigenvalue weighted by Gasteiger charge is 2.68. The van der Waals surface area contributed by atoms with E-state index in [0.29, 0.717) is 43.2 Å². The molecule has 2 saturated carbocycles. The number of benzene rings is 1. The van der Waals surface area contributed by atoms with E-state index in [4.69, 9.17) is 18.9 Å². The molecule has 0 aromatic heterocycles. The zero-order valence-corrected chi connectivity index (χ0v) is 17.7. The number of rotatable bonds is 3. The minimum absolute atomic E-state index is 0.0224. The van der Waals surface area contributed by atoms with Crippen LogP contribution in [0, 0.1) is 22.7 Å². The molecule has 4 aliphatic rings. The fraction of sp³-hybridized carbons (Fsp3) is 0.696. The summed E-state index contributed by atoms with van der Waals surface area (Å²) in [4.78, 5) is 12.0. The van der Waals surface area contributed by atoms with Crippen molar-refractivity contribution in [2.24, 2.45) is 22.7 Å². The molecule has 1 aromatic rings. The van der Waals surface area contributed by atoms with Gasteiger partial charge in [-0.1, -0.05) is 13.8 Å². The van der Waals surface area contributed by atoms with Gasteiger partial charge in [0.15, 0.2) is 11.5 Å². The fourth-order valence-corrected chi connectivity index (χ4v) is 6.78. The van der Waals surface area contributed by atoms with Crippen LogP contribution in [-0.4, -0.2) is 38.9 Å². The maximum absolute atomic E-state index is 12.0. The molecule has 2 heterocycles. The molecule has 1 unspecified atom stereocenters. The van der Waals surface area contributed by atoms with Crippen molar-refractivity contribution in [2.75, 3.05) is 26.9 Å². The smallest absolute Gasteiger partial charge is 0.217 e. The van der Waals surface area contributed by atoms with Gasteiger partial charge in [-0.05, 0) is 59.6 Å². The summed E-state index contributed by atoms with van der Waals surface area (Å²) >= 11 is 0. The van der Waals surface area contributed by atoms with Crippen LogP contribution in [0.3, 0.4) is 0 Å². The Morgan fingerprint density at radius 1 is 1.21 bits per heavy atom. The molecule has 0 radical (unpaired) electrons. The Balaban J connectivity index is 1.53. The Morgan fingerprint density at radius 2 is 2.00 bits per heavy atom. The Kier molecular flexibility index (Phi) is 4.28. The minimum atomic E-state index is -0.0224. The first-order valence-electron chi connectivity index (χ1n) is 10.7. The molecule has 2 aliphatic heterocycles. The van der Waals surface area contributed by atoms with Crippen molar-refractivity contribution in [3.63, 3.8) is 0 Å². The van der Waals surface area contributed by atoms with Crippen LogP contribution >= 0.6 is 0 Å². The molecule has 1 saturated heterocycles. The van der Waals surface area contributed by atoms with E-state index in [0.717, 1.165) is 30.6 Å². The number of hydrogen-bond donors (Lipinski definition) is 1. The lowest BCUT2D eigenvalue weighted by Gasteiger charge is -2.53. The lowest BCUT2D eigenvalue weighted by atomic mass is 9.59. The van der Waals surface area contributed by atoms with Crippen molar-refractivity contribution in [1.82, 2.24) is 5.32 Å². The van der Waals surface area contributed by atoms with Gasteiger partial charge in [0.1, 0.15) is 13.2 Å². The predicted octanol–water partition coefficient (Wildman–Crippen LogP) is 3.48. The molecule has 2 aliphatic carbocycles. The molecular formula is C23H31NO5. The summed E-state index contributed by atoms with van der Waals surface area (Å²) in [6, 6.07) is 4.29. The summed E-state index contributed by atoms with van der Waals surface area (Å²) in [5.74, 6) is 3.13. The minimum Gasteiger partial charge on any atom is -0.493 e. The summed E-state index contributed by atoms with van der Waals surface area (Å²) in [5.41, 5.74) is 1.28. The highest BCUT2D eigenvalue weighted by molar-refractivity contribution is 5.73. The van der Waals surface area contributed by atoms with E-state index >= 15 is 0 Å². The average Bonchev–Trinajstić information content (AvgIpc) is 3.19. The molecule has 3 fully saturated rings. The summed E-state index contributed by atoms with van der Waals surface area (Å²) in [7, 11) is 1.66. The van der Waals surface area contributed by atoms with Crippen LogP contribution in [0.2, 0.25) is 0 Å². The third-order valence-electron chi connectivity index (χ3n) is 8.03. The van der Waals surface area contributed by atoms with Crippen LogP contribution in [0.4, 0.5) is 0 Å². The quantitative estimate of drug-likeness (QED) is 0.840. The van der Waals surface area contributed by atoms with Crippen molar-refractivity contribution in [2.45, 2.75) is 52.2 Å². The number of nitrogens with one attached hydrogen (secondary N) is 1. The summed E-state index contributed by atoms with van der Waals surface area (Å²) in [5, 5.41) is 3.33. The third kappa shape index (κ3) is 2.68.